The predicted octanol–water partition coefficient (Wildman–Crippen LogP) is 3.38. The standard InChI is InChI=1S/C14H18O/c15-12-11-14(8-4-9-14)10-7-13-5-2-1-3-6-13/h1-3,5-6,12H,4,7-11H2. The van der Waals surface area contributed by atoms with Gasteiger partial charge in [0.05, 0.1) is 0 Å². The number of aldehydes is 1. The lowest BCUT2D eigenvalue weighted by atomic mass is 9.64. The number of aryl methyl sites for hydroxylation is 1. The van der Waals surface area contributed by atoms with Crippen LogP contribution in [0.25, 0.3) is 0 Å². The molecule has 80 valence electrons. The summed E-state index contributed by atoms with van der Waals surface area (Å²) in [4.78, 5) is 10.6. The summed E-state index contributed by atoms with van der Waals surface area (Å²) in [5.74, 6) is 0. The third-order valence-corrected chi connectivity index (χ3v) is 3.72. The molecule has 1 nitrogen and oxygen atoms in total. The Morgan fingerprint density at radius 3 is 2.47 bits per heavy atom. The molecule has 1 aromatic carbocycles. The minimum Gasteiger partial charge on any atom is -0.303 e. The molecule has 0 heterocycles. The molecule has 0 spiro atoms. The van der Waals surface area contributed by atoms with Gasteiger partial charge < -0.3 is 4.79 Å². The van der Waals surface area contributed by atoms with Gasteiger partial charge in [0.15, 0.2) is 0 Å². The van der Waals surface area contributed by atoms with E-state index >= 15 is 0 Å². The minimum atomic E-state index is 0.359. The monoisotopic (exact) mass is 202 g/mol. The molecule has 0 unspecified atom stereocenters. The van der Waals surface area contributed by atoms with Crippen molar-refractivity contribution < 1.29 is 4.79 Å². The molecule has 15 heavy (non-hydrogen) atoms. The Kier molecular flexibility index (Phi) is 3.20. The van der Waals surface area contributed by atoms with Crippen LogP contribution in [-0.4, -0.2) is 6.29 Å². The summed E-state index contributed by atoms with van der Waals surface area (Å²) in [7, 11) is 0. The van der Waals surface area contributed by atoms with Gasteiger partial charge in [0, 0.05) is 6.42 Å². The van der Waals surface area contributed by atoms with Crippen LogP contribution in [0, 0.1) is 5.41 Å². The van der Waals surface area contributed by atoms with Crippen molar-refractivity contribution in [2.75, 3.05) is 0 Å². The second kappa shape index (κ2) is 4.61. The highest BCUT2D eigenvalue weighted by Gasteiger charge is 2.35. The van der Waals surface area contributed by atoms with Crippen LogP contribution in [0.15, 0.2) is 30.3 Å². The van der Waals surface area contributed by atoms with E-state index in [0.717, 1.165) is 19.1 Å². The van der Waals surface area contributed by atoms with Gasteiger partial charge >= 0.3 is 0 Å². The molecule has 1 aromatic rings. The lowest BCUT2D eigenvalue weighted by Crippen LogP contribution is -2.30. The van der Waals surface area contributed by atoms with Crippen molar-refractivity contribution in [1.29, 1.82) is 0 Å². The van der Waals surface area contributed by atoms with E-state index < -0.39 is 0 Å². The Hall–Kier alpha value is -1.11. The van der Waals surface area contributed by atoms with Crippen molar-refractivity contribution >= 4 is 6.29 Å². The number of rotatable bonds is 5. The van der Waals surface area contributed by atoms with Gasteiger partial charge in [-0.3, -0.25) is 0 Å². The zero-order chi connectivity index (χ0) is 10.6. The second-order valence-corrected chi connectivity index (χ2v) is 4.71. The van der Waals surface area contributed by atoms with Crippen LogP contribution in [0.2, 0.25) is 0 Å². The average molecular weight is 202 g/mol. The van der Waals surface area contributed by atoms with E-state index in [9.17, 15) is 4.79 Å². The molecule has 0 bridgehead atoms. The van der Waals surface area contributed by atoms with Crippen molar-refractivity contribution in [3.05, 3.63) is 35.9 Å². The molecule has 0 aliphatic heterocycles. The van der Waals surface area contributed by atoms with Crippen LogP contribution in [-0.2, 0) is 11.2 Å². The largest absolute Gasteiger partial charge is 0.303 e. The highest BCUT2D eigenvalue weighted by molar-refractivity contribution is 5.51. The first-order valence-corrected chi connectivity index (χ1v) is 5.82. The Morgan fingerprint density at radius 2 is 1.93 bits per heavy atom. The zero-order valence-electron chi connectivity index (χ0n) is 9.11. The SMILES string of the molecule is O=CCC1(CCc2ccccc2)CCC1. The predicted molar refractivity (Wildman–Crippen MR) is 61.7 cm³/mol. The quantitative estimate of drug-likeness (QED) is 0.669. The van der Waals surface area contributed by atoms with Crippen molar-refractivity contribution in [3.8, 4) is 0 Å². The van der Waals surface area contributed by atoms with Crippen molar-refractivity contribution in [2.24, 2.45) is 5.41 Å². The van der Waals surface area contributed by atoms with E-state index in [1.54, 1.807) is 0 Å². The first-order valence-electron chi connectivity index (χ1n) is 5.82. The van der Waals surface area contributed by atoms with Gasteiger partial charge in [-0.1, -0.05) is 36.8 Å². The molecule has 1 heteroatoms. The summed E-state index contributed by atoms with van der Waals surface area (Å²) in [5.41, 5.74) is 1.76. The fourth-order valence-electron chi connectivity index (χ4n) is 2.46. The fourth-order valence-corrected chi connectivity index (χ4v) is 2.46. The average Bonchev–Trinajstić information content (AvgIpc) is 2.23. The molecule has 0 N–H and O–H groups in total. The Bertz CT molecular complexity index is 311. The van der Waals surface area contributed by atoms with Crippen LogP contribution in [0.1, 0.15) is 37.7 Å². The maximum atomic E-state index is 10.6. The van der Waals surface area contributed by atoms with Crippen LogP contribution in [0.4, 0.5) is 0 Å². The summed E-state index contributed by atoms with van der Waals surface area (Å²) in [6.07, 6.45) is 7.97. The second-order valence-electron chi connectivity index (χ2n) is 4.71. The van der Waals surface area contributed by atoms with E-state index in [0.29, 0.717) is 5.41 Å². The molecule has 0 aromatic heterocycles. The summed E-state index contributed by atoms with van der Waals surface area (Å²) in [6, 6.07) is 10.6. The van der Waals surface area contributed by atoms with Gasteiger partial charge in [0.1, 0.15) is 6.29 Å². The smallest absolute Gasteiger partial charge is 0.120 e. The molecule has 0 atom stereocenters. The minimum absolute atomic E-state index is 0.359. The zero-order valence-corrected chi connectivity index (χ0v) is 9.11. The Balaban J connectivity index is 1.89. The maximum absolute atomic E-state index is 10.6. The third-order valence-electron chi connectivity index (χ3n) is 3.72. The van der Waals surface area contributed by atoms with E-state index in [4.69, 9.17) is 0 Å². The number of carbonyl (C=O) groups excluding carboxylic acids is 1. The van der Waals surface area contributed by atoms with Crippen LogP contribution >= 0.6 is 0 Å². The molecular formula is C14H18O. The molecular weight excluding hydrogens is 184 g/mol. The number of benzene rings is 1. The third kappa shape index (κ3) is 2.47. The number of hydrogen-bond acceptors (Lipinski definition) is 1. The molecule has 1 saturated carbocycles. The van der Waals surface area contributed by atoms with E-state index in [1.165, 1.54) is 31.2 Å². The van der Waals surface area contributed by atoms with Crippen molar-refractivity contribution in [1.82, 2.24) is 0 Å². The van der Waals surface area contributed by atoms with E-state index in [1.807, 2.05) is 6.07 Å². The van der Waals surface area contributed by atoms with Gasteiger partial charge in [-0.05, 0) is 36.7 Å². The Morgan fingerprint density at radius 1 is 1.20 bits per heavy atom. The molecule has 0 radical (unpaired) electrons. The lowest BCUT2D eigenvalue weighted by molar-refractivity contribution is -0.111. The summed E-state index contributed by atoms with van der Waals surface area (Å²) >= 11 is 0. The topological polar surface area (TPSA) is 17.1 Å². The molecule has 0 amide bonds. The number of hydrogen-bond donors (Lipinski definition) is 0. The normalized spacial score (nSPS) is 18.1. The van der Waals surface area contributed by atoms with E-state index in [-0.39, 0.29) is 0 Å². The van der Waals surface area contributed by atoms with Gasteiger partial charge in [-0.2, -0.15) is 0 Å². The highest BCUT2D eigenvalue weighted by Crippen LogP contribution is 2.46. The Labute approximate surface area is 91.5 Å². The van der Waals surface area contributed by atoms with Crippen molar-refractivity contribution in [2.45, 2.75) is 38.5 Å². The maximum Gasteiger partial charge on any atom is 0.120 e. The van der Waals surface area contributed by atoms with E-state index in [2.05, 4.69) is 24.3 Å². The first-order chi connectivity index (χ1) is 7.35. The summed E-state index contributed by atoms with van der Waals surface area (Å²) < 4.78 is 0. The van der Waals surface area contributed by atoms with Crippen LogP contribution in [0.3, 0.4) is 0 Å². The van der Waals surface area contributed by atoms with Crippen molar-refractivity contribution in [3.63, 3.8) is 0 Å². The van der Waals surface area contributed by atoms with Crippen LogP contribution in [0.5, 0.6) is 0 Å². The fraction of sp³-hybridized carbons (Fsp3) is 0.500. The first kappa shape index (κ1) is 10.4. The summed E-state index contributed by atoms with van der Waals surface area (Å²) in [5, 5.41) is 0. The van der Waals surface area contributed by atoms with Gasteiger partial charge in [0.25, 0.3) is 0 Å². The molecule has 2 rings (SSSR count). The molecule has 1 fully saturated rings. The van der Waals surface area contributed by atoms with Gasteiger partial charge in [-0.15, -0.1) is 0 Å². The lowest BCUT2D eigenvalue weighted by Gasteiger charge is -2.41. The molecule has 1 aliphatic carbocycles. The molecule has 0 saturated heterocycles. The van der Waals surface area contributed by atoms with Gasteiger partial charge in [-0.25, -0.2) is 0 Å². The number of carbonyl (C=O) groups is 1. The highest BCUT2D eigenvalue weighted by atomic mass is 16.1. The van der Waals surface area contributed by atoms with Gasteiger partial charge in [0.2, 0.25) is 0 Å². The molecule has 1 aliphatic rings. The summed E-state index contributed by atoms with van der Waals surface area (Å²) in [6.45, 7) is 0. The van der Waals surface area contributed by atoms with Crippen LogP contribution < -0.4 is 0 Å².